The van der Waals surface area contributed by atoms with Gasteiger partial charge in [0.15, 0.2) is 12.4 Å². The van der Waals surface area contributed by atoms with E-state index in [4.69, 9.17) is 9.47 Å². The van der Waals surface area contributed by atoms with Gasteiger partial charge in [-0.15, -0.1) is 11.3 Å². The number of hydrogen-bond donors (Lipinski definition) is 1. The Morgan fingerprint density at radius 3 is 2.59 bits per heavy atom. The first kappa shape index (κ1) is 26.5. The fraction of sp³-hybridized carbons (Fsp3) is 0.375. The summed E-state index contributed by atoms with van der Waals surface area (Å²) in [6.45, 7) is 6.25. The molecule has 1 N–H and O–H groups in total. The van der Waals surface area contributed by atoms with E-state index in [0.29, 0.717) is 40.8 Å². The summed E-state index contributed by atoms with van der Waals surface area (Å²) >= 11 is 1.41. The van der Waals surface area contributed by atoms with Crippen molar-refractivity contribution < 1.29 is 32.2 Å². The van der Waals surface area contributed by atoms with Crippen molar-refractivity contribution in [2.45, 2.75) is 33.0 Å². The number of aromatic nitrogens is 3. The SMILES string of the molecule is CCOCCN1C(=O)COc2c(-c3ncc(C)s3)cc(C(=O)NC(C)c3cnc(C(F)(F)F)nc3)cc21. The van der Waals surface area contributed by atoms with Gasteiger partial charge in [-0.25, -0.2) is 15.0 Å². The standard InChI is InChI=1S/C24H24F3N5O4S/c1-4-35-6-5-32-18-8-15(7-17(20(18)36-12-19(32)33)22-28-9-13(2)37-22)21(34)31-14(3)16-10-29-23(30-11-16)24(25,26)27/h7-11,14H,4-6,12H2,1-3H3,(H,31,34). The lowest BCUT2D eigenvalue weighted by Gasteiger charge is -2.31. The normalized spacial score (nSPS) is 14.2. The zero-order valence-corrected chi connectivity index (χ0v) is 21.1. The van der Waals surface area contributed by atoms with Gasteiger partial charge in [0, 0.05) is 47.7 Å². The predicted octanol–water partition coefficient (Wildman–Crippen LogP) is 4.18. The number of aryl methyl sites for hydroxylation is 1. The Morgan fingerprint density at radius 1 is 1.24 bits per heavy atom. The highest BCUT2D eigenvalue weighted by molar-refractivity contribution is 7.15. The summed E-state index contributed by atoms with van der Waals surface area (Å²) in [7, 11) is 0. The van der Waals surface area contributed by atoms with E-state index >= 15 is 0 Å². The largest absolute Gasteiger partial charge is 0.481 e. The molecule has 0 fully saturated rings. The number of amides is 2. The number of fused-ring (bicyclic) bond motifs is 1. The summed E-state index contributed by atoms with van der Waals surface area (Å²) in [4.78, 5) is 39.5. The molecule has 13 heteroatoms. The summed E-state index contributed by atoms with van der Waals surface area (Å²) < 4.78 is 49.5. The minimum absolute atomic E-state index is 0.160. The Morgan fingerprint density at radius 2 is 1.97 bits per heavy atom. The minimum Gasteiger partial charge on any atom is -0.481 e. The van der Waals surface area contributed by atoms with E-state index in [1.54, 1.807) is 25.3 Å². The average Bonchev–Trinajstić information content (AvgIpc) is 3.30. The second kappa shape index (κ2) is 10.8. The molecule has 0 radical (unpaired) electrons. The highest BCUT2D eigenvalue weighted by Crippen LogP contribution is 2.43. The van der Waals surface area contributed by atoms with Crippen molar-refractivity contribution in [3.63, 3.8) is 0 Å². The molecule has 9 nitrogen and oxygen atoms in total. The molecule has 1 atom stereocenters. The van der Waals surface area contributed by atoms with Crippen molar-refractivity contribution in [1.29, 1.82) is 0 Å². The second-order valence-corrected chi connectivity index (χ2v) is 9.45. The first-order chi connectivity index (χ1) is 17.6. The fourth-order valence-corrected chi connectivity index (χ4v) is 4.48. The topological polar surface area (TPSA) is 107 Å². The van der Waals surface area contributed by atoms with E-state index in [-0.39, 0.29) is 24.6 Å². The molecular formula is C24H24F3N5O4S. The van der Waals surface area contributed by atoms with Crippen molar-refractivity contribution in [2.75, 3.05) is 31.3 Å². The number of hydrogen-bond acceptors (Lipinski definition) is 8. The van der Waals surface area contributed by atoms with E-state index in [0.717, 1.165) is 17.3 Å². The molecule has 4 rings (SSSR count). The number of anilines is 1. The first-order valence-corrected chi connectivity index (χ1v) is 12.2. The lowest BCUT2D eigenvalue weighted by Crippen LogP contribution is -2.41. The molecule has 1 aromatic carbocycles. The van der Waals surface area contributed by atoms with Crippen LogP contribution in [0.25, 0.3) is 10.6 Å². The van der Waals surface area contributed by atoms with Gasteiger partial charge in [-0.2, -0.15) is 13.2 Å². The number of benzene rings is 1. The zero-order valence-electron chi connectivity index (χ0n) is 20.3. The third-order valence-electron chi connectivity index (χ3n) is 5.55. The Hall–Kier alpha value is -3.58. The number of nitrogens with one attached hydrogen (secondary N) is 1. The number of ether oxygens (including phenoxy) is 2. The molecule has 2 aromatic heterocycles. The molecule has 2 amide bonds. The van der Waals surface area contributed by atoms with Crippen molar-refractivity contribution in [2.24, 2.45) is 0 Å². The summed E-state index contributed by atoms with van der Waals surface area (Å²) in [5, 5.41) is 3.37. The number of thiazole rings is 1. The van der Waals surface area contributed by atoms with Crippen LogP contribution in [0, 0.1) is 6.92 Å². The zero-order chi connectivity index (χ0) is 26.7. The third-order valence-corrected chi connectivity index (χ3v) is 6.50. The van der Waals surface area contributed by atoms with Crippen molar-refractivity contribution in [3.8, 4) is 16.3 Å². The third kappa shape index (κ3) is 5.88. The lowest BCUT2D eigenvalue weighted by molar-refractivity contribution is -0.145. The van der Waals surface area contributed by atoms with Crippen LogP contribution in [0.15, 0.2) is 30.7 Å². The van der Waals surface area contributed by atoms with Crippen LogP contribution in [0.5, 0.6) is 5.75 Å². The minimum atomic E-state index is -4.66. The van der Waals surface area contributed by atoms with E-state index in [1.807, 2.05) is 13.8 Å². The van der Waals surface area contributed by atoms with Crippen LogP contribution in [0.2, 0.25) is 0 Å². The Bertz CT molecular complexity index is 1300. The maximum absolute atomic E-state index is 13.3. The number of nitrogens with zero attached hydrogens (tertiary/aromatic N) is 4. The number of alkyl halides is 3. The predicted molar refractivity (Wildman–Crippen MR) is 130 cm³/mol. The van der Waals surface area contributed by atoms with Gasteiger partial charge in [0.2, 0.25) is 5.82 Å². The number of carbonyl (C=O) groups excluding carboxylic acids is 2. The lowest BCUT2D eigenvalue weighted by atomic mass is 10.0. The van der Waals surface area contributed by atoms with E-state index < -0.39 is 23.9 Å². The number of rotatable bonds is 8. The second-order valence-electron chi connectivity index (χ2n) is 8.21. The maximum atomic E-state index is 13.3. The van der Waals surface area contributed by atoms with Gasteiger partial charge in [-0.3, -0.25) is 9.59 Å². The van der Waals surface area contributed by atoms with Crippen LogP contribution in [0.4, 0.5) is 18.9 Å². The summed E-state index contributed by atoms with van der Waals surface area (Å²) in [5.74, 6) is -1.61. The summed E-state index contributed by atoms with van der Waals surface area (Å²) in [5.41, 5.74) is 1.49. The van der Waals surface area contributed by atoms with Crippen molar-refractivity contribution in [1.82, 2.24) is 20.3 Å². The van der Waals surface area contributed by atoms with Gasteiger partial charge in [0.05, 0.1) is 23.9 Å². The molecule has 0 saturated heterocycles. The fourth-order valence-electron chi connectivity index (χ4n) is 3.70. The Labute approximate surface area is 214 Å². The molecule has 0 spiro atoms. The molecular weight excluding hydrogens is 511 g/mol. The van der Waals surface area contributed by atoms with Gasteiger partial charge < -0.3 is 19.7 Å². The molecule has 0 aliphatic carbocycles. The van der Waals surface area contributed by atoms with E-state index in [9.17, 15) is 22.8 Å². The van der Waals surface area contributed by atoms with Crippen LogP contribution >= 0.6 is 11.3 Å². The highest BCUT2D eigenvalue weighted by Gasteiger charge is 2.34. The van der Waals surface area contributed by atoms with Gasteiger partial charge in [-0.05, 0) is 32.9 Å². The Balaban J connectivity index is 1.67. The molecule has 0 saturated carbocycles. The van der Waals surface area contributed by atoms with Crippen LogP contribution in [0.3, 0.4) is 0 Å². The number of carbonyl (C=O) groups is 2. The highest BCUT2D eigenvalue weighted by atomic mass is 32.1. The van der Waals surface area contributed by atoms with Crippen molar-refractivity contribution in [3.05, 3.63) is 52.6 Å². The Kier molecular flexibility index (Phi) is 7.73. The molecule has 37 heavy (non-hydrogen) atoms. The smallest absolute Gasteiger partial charge is 0.451 e. The molecule has 1 aliphatic heterocycles. The van der Waals surface area contributed by atoms with Crippen LogP contribution in [-0.4, -0.2) is 53.1 Å². The number of halogens is 3. The van der Waals surface area contributed by atoms with Crippen LogP contribution in [0.1, 0.15) is 46.5 Å². The quantitative estimate of drug-likeness (QED) is 0.432. The van der Waals surface area contributed by atoms with Crippen LogP contribution < -0.4 is 15.0 Å². The maximum Gasteiger partial charge on any atom is 0.451 e. The monoisotopic (exact) mass is 535 g/mol. The molecule has 1 unspecified atom stereocenters. The molecule has 0 bridgehead atoms. The molecule has 3 aromatic rings. The van der Waals surface area contributed by atoms with Gasteiger partial charge in [0.1, 0.15) is 5.01 Å². The molecule has 196 valence electrons. The van der Waals surface area contributed by atoms with Gasteiger partial charge in [0.25, 0.3) is 11.8 Å². The van der Waals surface area contributed by atoms with E-state index in [1.165, 1.54) is 16.2 Å². The van der Waals surface area contributed by atoms with Gasteiger partial charge >= 0.3 is 6.18 Å². The summed E-state index contributed by atoms with van der Waals surface area (Å²) in [6.07, 6.45) is -0.905. The first-order valence-electron chi connectivity index (χ1n) is 11.4. The summed E-state index contributed by atoms with van der Waals surface area (Å²) in [6, 6.07) is 2.48. The van der Waals surface area contributed by atoms with Crippen molar-refractivity contribution >= 4 is 28.8 Å². The van der Waals surface area contributed by atoms with Crippen LogP contribution in [-0.2, 0) is 15.7 Å². The average molecular weight is 536 g/mol. The molecule has 3 heterocycles. The molecule has 1 aliphatic rings. The van der Waals surface area contributed by atoms with E-state index in [2.05, 4.69) is 20.3 Å². The van der Waals surface area contributed by atoms with Gasteiger partial charge in [-0.1, -0.05) is 0 Å².